The van der Waals surface area contributed by atoms with E-state index in [1.807, 2.05) is 34.6 Å². The van der Waals surface area contributed by atoms with E-state index >= 15 is 0 Å². The molecule has 0 aliphatic rings. The average Bonchev–Trinajstić information content (AvgIpc) is 2.49. The molecule has 0 bridgehead atoms. The van der Waals surface area contributed by atoms with Crippen LogP contribution in [0.4, 0.5) is 0 Å². The van der Waals surface area contributed by atoms with Crippen LogP contribution in [0.3, 0.4) is 0 Å². The fourth-order valence-corrected chi connectivity index (χ4v) is 2.08. The van der Waals surface area contributed by atoms with Gasteiger partial charge in [0.15, 0.2) is 5.54 Å². The molecule has 0 spiro atoms. The van der Waals surface area contributed by atoms with Gasteiger partial charge in [0.2, 0.25) is 0 Å². The Balaban J connectivity index is 3.43. The maximum Gasteiger partial charge on any atom is 0.331 e. The van der Waals surface area contributed by atoms with Crippen molar-refractivity contribution in [2.24, 2.45) is 0 Å². The zero-order valence-corrected chi connectivity index (χ0v) is 10.7. The first-order valence-electron chi connectivity index (χ1n) is 5.67. The number of carbonyl (C=O) groups is 1. The Morgan fingerprint density at radius 2 is 1.81 bits per heavy atom. The van der Waals surface area contributed by atoms with Gasteiger partial charge in [-0.3, -0.25) is 4.68 Å². The molecule has 16 heavy (non-hydrogen) atoms. The molecule has 1 rings (SSSR count). The van der Waals surface area contributed by atoms with Crippen LogP contribution in [-0.2, 0) is 10.3 Å². The molecular formula is C12H20N2O2. The monoisotopic (exact) mass is 224 g/mol. The molecule has 90 valence electrons. The highest BCUT2D eigenvalue weighted by molar-refractivity contribution is 5.76. The van der Waals surface area contributed by atoms with E-state index in [9.17, 15) is 9.90 Å². The summed E-state index contributed by atoms with van der Waals surface area (Å²) < 4.78 is 1.68. The third-order valence-electron chi connectivity index (χ3n) is 3.63. The molecule has 0 aliphatic heterocycles. The number of hydrogen-bond donors (Lipinski definition) is 1. The maximum absolute atomic E-state index is 11.5. The van der Waals surface area contributed by atoms with Crippen molar-refractivity contribution in [3.8, 4) is 0 Å². The Hall–Kier alpha value is -1.32. The summed E-state index contributed by atoms with van der Waals surface area (Å²) in [7, 11) is 0. The zero-order valence-electron chi connectivity index (χ0n) is 10.7. The molecule has 4 heteroatoms. The van der Waals surface area contributed by atoms with Crippen LogP contribution in [0.15, 0.2) is 0 Å². The van der Waals surface area contributed by atoms with E-state index in [2.05, 4.69) is 5.10 Å². The lowest BCUT2D eigenvalue weighted by Crippen LogP contribution is -2.42. The standard InChI is InChI=1S/C12H20N2O2/c1-6-12(7-2,11(15)16)14-10(5)8(3)9(4)13-14/h6-7H2,1-5H3,(H,15,16). The first-order valence-corrected chi connectivity index (χ1v) is 5.67. The van der Waals surface area contributed by atoms with Crippen LogP contribution in [0, 0.1) is 20.8 Å². The van der Waals surface area contributed by atoms with Gasteiger partial charge < -0.3 is 5.11 Å². The van der Waals surface area contributed by atoms with Crippen molar-refractivity contribution >= 4 is 5.97 Å². The molecule has 0 aliphatic carbocycles. The number of carboxylic acids is 1. The van der Waals surface area contributed by atoms with Gasteiger partial charge in [-0.15, -0.1) is 0 Å². The largest absolute Gasteiger partial charge is 0.479 e. The van der Waals surface area contributed by atoms with Gasteiger partial charge in [-0.25, -0.2) is 4.79 Å². The molecule has 0 saturated carbocycles. The first kappa shape index (κ1) is 12.7. The second kappa shape index (κ2) is 4.28. The van der Waals surface area contributed by atoms with E-state index in [0.717, 1.165) is 17.0 Å². The van der Waals surface area contributed by atoms with Crippen LogP contribution in [-0.4, -0.2) is 20.9 Å². The quantitative estimate of drug-likeness (QED) is 0.854. The maximum atomic E-state index is 11.5. The highest BCUT2D eigenvalue weighted by Gasteiger charge is 2.39. The fraction of sp³-hybridized carbons (Fsp3) is 0.667. The summed E-state index contributed by atoms with van der Waals surface area (Å²) in [5.74, 6) is -0.803. The van der Waals surface area contributed by atoms with E-state index in [1.54, 1.807) is 4.68 Å². The minimum absolute atomic E-state index is 0.542. The minimum Gasteiger partial charge on any atom is -0.479 e. The SMILES string of the molecule is CCC(CC)(C(=O)O)n1nc(C)c(C)c1C. The number of aliphatic carboxylic acids is 1. The Labute approximate surface area is 96.3 Å². The molecule has 1 aromatic rings. The average molecular weight is 224 g/mol. The first-order chi connectivity index (χ1) is 7.40. The molecule has 0 unspecified atom stereocenters. The lowest BCUT2D eigenvalue weighted by Gasteiger charge is -2.28. The summed E-state index contributed by atoms with van der Waals surface area (Å²) in [6, 6.07) is 0. The van der Waals surface area contributed by atoms with Crippen LogP contribution in [0.2, 0.25) is 0 Å². The van der Waals surface area contributed by atoms with Gasteiger partial charge in [0.25, 0.3) is 0 Å². The Morgan fingerprint density at radius 1 is 1.31 bits per heavy atom. The summed E-state index contributed by atoms with van der Waals surface area (Å²) >= 11 is 0. The van der Waals surface area contributed by atoms with Gasteiger partial charge in [0, 0.05) is 5.69 Å². The second-order valence-corrected chi connectivity index (χ2v) is 4.25. The molecule has 1 heterocycles. The van der Waals surface area contributed by atoms with Crippen molar-refractivity contribution in [2.45, 2.75) is 53.0 Å². The van der Waals surface area contributed by atoms with Gasteiger partial charge in [0.05, 0.1) is 5.69 Å². The third-order valence-corrected chi connectivity index (χ3v) is 3.63. The fourth-order valence-electron chi connectivity index (χ4n) is 2.08. The van der Waals surface area contributed by atoms with Crippen molar-refractivity contribution in [1.29, 1.82) is 0 Å². The Morgan fingerprint density at radius 3 is 2.06 bits per heavy atom. The van der Waals surface area contributed by atoms with Crippen molar-refractivity contribution in [3.05, 3.63) is 17.0 Å². The van der Waals surface area contributed by atoms with Crippen LogP contribution in [0.5, 0.6) is 0 Å². The van der Waals surface area contributed by atoms with Crippen LogP contribution in [0.25, 0.3) is 0 Å². The summed E-state index contributed by atoms with van der Waals surface area (Å²) in [4.78, 5) is 11.5. The minimum atomic E-state index is -0.900. The molecule has 0 fully saturated rings. The molecule has 1 N–H and O–H groups in total. The number of rotatable bonds is 4. The van der Waals surface area contributed by atoms with Gasteiger partial charge >= 0.3 is 5.97 Å². The van der Waals surface area contributed by atoms with E-state index in [4.69, 9.17) is 0 Å². The summed E-state index contributed by atoms with van der Waals surface area (Å²) in [5, 5.41) is 13.8. The molecule has 0 radical (unpaired) electrons. The van der Waals surface area contributed by atoms with Gasteiger partial charge in [0.1, 0.15) is 0 Å². The topological polar surface area (TPSA) is 55.1 Å². The van der Waals surface area contributed by atoms with Crippen molar-refractivity contribution < 1.29 is 9.90 Å². The third kappa shape index (κ3) is 1.62. The van der Waals surface area contributed by atoms with Crippen LogP contribution < -0.4 is 0 Å². The second-order valence-electron chi connectivity index (χ2n) is 4.25. The summed E-state index contributed by atoms with van der Waals surface area (Å²) in [6.07, 6.45) is 1.08. The van der Waals surface area contributed by atoms with Crippen LogP contribution in [0.1, 0.15) is 43.6 Å². The number of aryl methyl sites for hydroxylation is 1. The highest BCUT2D eigenvalue weighted by Crippen LogP contribution is 2.28. The van der Waals surface area contributed by atoms with Crippen LogP contribution >= 0.6 is 0 Å². The normalized spacial score (nSPS) is 11.8. The predicted octanol–water partition coefficient (Wildman–Crippen LogP) is 2.41. The van der Waals surface area contributed by atoms with E-state index in [1.165, 1.54) is 0 Å². The summed E-state index contributed by atoms with van der Waals surface area (Å²) in [6.45, 7) is 9.61. The molecule has 0 aromatic carbocycles. The van der Waals surface area contributed by atoms with Crippen molar-refractivity contribution in [1.82, 2.24) is 9.78 Å². The molecular weight excluding hydrogens is 204 g/mol. The lowest BCUT2D eigenvalue weighted by molar-refractivity contribution is -0.148. The highest BCUT2D eigenvalue weighted by atomic mass is 16.4. The number of hydrogen-bond acceptors (Lipinski definition) is 2. The summed E-state index contributed by atoms with van der Waals surface area (Å²) in [5.41, 5.74) is 2.03. The Bertz CT molecular complexity index is 403. The van der Waals surface area contributed by atoms with Crippen molar-refractivity contribution in [2.75, 3.05) is 0 Å². The van der Waals surface area contributed by atoms with Gasteiger partial charge in [-0.1, -0.05) is 13.8 Å². The molecule has 1 aromatic heterocycles. The molecule has 4 nitrogen and oxygen atoms in total. The lowest BCUT2D eigenvalue weighted by atomic mass is 9.93. The van der Waals surface area contributed by atoms with Gasteiger partial charge in [-0.2, -0.15) is 5.10 Å². The smallest absolute Gasteiger partial charge is 0.331 e. The Kier molecular flexibility index (Phi) is 3.41. The predicted molar refractivity (Wildman–Crippen MR) is 62.6 cm³/mol. The van der Waals surface area contributed by atoms with E-state index in [0.29, 0.717) is 12.8 Å². The number of carboxylic acid groups (broad SMARTS) is 1. The molecule has 0 amide bonds. The van der Waals surface area contributed by atoms with E-state index < -0.39 is 11.5 Å². The zero-order chi connectivity index (χ0) is 12.5. The number of nitrogens with zero attached hydrogens (tertiary/aromatic N) is 2. The number of aromatic nitrogens is 2. The van der Waals surface area contributed by atoms with Gasteiger partial charge in [-0.05, 0) is 39.2 Å². The van der Waals surface area contributed by atoms with Crippen molar-refractivity contribution in [3.63, 3.8) is 0 Å². The molecule has 0 atom stereocenters. The van der Waals surface area contributed by atoms with E-state index in [-0.39, 0.29) is 0 Å². The molecule has 0 saturated heterocycles.